The van der Waals surface area contributed by atoms with Crippen LogP contribution in [0.1, 0.15) is 38.8 Å². The van der Waals surface area contributed by atoms with Crippen LogP contribution in [-0.4, -0.2) is 24.3 Å². The van der Waals surface area contributed by atoms with Crippen molar-refractivity contribution in [1.82, 2.24) is 5.32 Å². The summed E-state index contributed by atoms with van der Waals surface area (Å²) in [6.45, 7) is 7.96. The molecule has 0 fully saturated rings. The zero-order valence-electron chi connectivity index (χ0n) is 13.5. The number of hydrogen-bond donors (Lipinski definition) is 1. The van der Waals surface area contributed by atoms with Crippen molar-refractivity contribution in [3.63, 3.8) is 0 Å². The molecule has 1 amide bonds. The molecule has 1 aromatic rings. The molecule has 0 saturated heterocycles. The smallest absolute Gasteiger partial charge is 0.407 e. The summed E-state index contributed by atoms with van der Waals surface area (Å²) in [6, 6.07) is 7.48. The highest BCUT2D eigenvalue weighted by molar-refractivity contribution is 5.87. The van der Waals surface area contributed by atoms with Gasteiger partial charge in [0.25, 0.3) is 0 Å². The van der Waals surface area contributed by atoms with Gasteiger partial charge < -0.3 is 14.8 Å². The van der Waals surface area contributed by atoms with Crippen molar-refractivity contribution >= 4 is 18.1 Å². The molecule has 0 aliphatic carbocycles. The van der Waals surface area contributed by atoms with E-state index in [1.54, 1.807) is 13.0 Å². The Hall–Kier alpha value is -2.30. The lowest BCUT2D eigenvalue weighted by Crippen LogP contribution is -2.32. The number of esters is 1. The van der Waals surface area contributed by atoms with E-state index in [-0.39, 0.29) is 5.97 Å². The number of nitrogens with one attached hydrogen (secondary N) is 1. The molecule has 5 heteroatoms. The highest BCUT2D eigenvalue weighted by Crippen LogP contribution is 2.08. The SMILES string of the molecule is CCOC(=O)/C=C/c1ccc(CNC(=O)OC(C)(C)C)cc1. The Morgan fingerprint density at radius 3 is 2.36 bits per heavy atom. The van der Waals surface area contributed by atoms with Crippen molar-refractivity contribution in [3.8, 4) is 0 Å². The maximum Gasteiger partial charge on any atom is 0.407 e. The Balaban J connectivity index is 2.48. The number of ether oxygens (including phenoxy) is 2. The van der Waals surface area contributed by atoms with Crippen LogP contribution in [0.25, 0.3) is 6.08 Å². The van der Waals surface area contributed by atoms with Crippen LogP contribution in [0.3, 0.4) is 0 Å². The van der Waals surface area contributed by atoms with Gasteiger partial charge in [-0.1, -0.05) is 24.3 Å². The molecule has 120 valence electrons. The second-order valence-corrected chi connectivity index (χ2v) is 5.68. The fourth-order valence-electron chi connectivity index (χ4n) is 1.59. The van der Waals surface area contributed by atoms with E-state index in [4.69, 9.17) is 9.47 Å². The van der Waals surface area contributed by atoms with Crippen molar-refractivity contribution in [2.75, 3.05) is 6.61 Å². The molecule has 0 atom stereocenters. The first-order valence-corrected chi connectivity index (χ1v) is 7.21. The minimum absolute atomic E-state index is 0.360. The summed E-state index contributed by atoms with van der Waals surface area (Å²) in [6.07, 6.45) is 2.62. The van der Waals surface area contributed by atoms with Crippen molar-refractivity contribution in [1.29, 1.82) is 0 Å². The van der Waals surface area contributed by atoms with Crippen LogP contribution in [0.5, 0.6) is 0 Å². The fourth-order valence-corrected chi connectivity index (χ4v) is 1.59. The molecule has 22 heavy (non-hydrogen) atoms. The number of amides is 1. The molecular weight excluding hydrogens is 282 g/mol. The largest absolute Gasteiger partial charge is 0.463 e. The third-order valence-corrected chi connectivity index (χ3v) is 2.51. The first-order chi connectivity index (χ1) is 10.3. The first-order valence-electron chi connectivity index (χ1n) is 7.21. The average molecular weight is 305 g/mol. The molecule has 1 N–H and O–H groups in total. The molecule has 5 nitrogen and oxygen atoms in total. The van der Waals surface area contributed by atoms with E-state index in [1.165, 1.54) is 6.08 Å². The Bertz CT molecular complexity index is 527. The zero-order chi connectivity index (χ0) is 16.6. The Morgan fingerprint density at radius 1 is 1.18 bits per heavy atom. The van der Waals surface area contributed by atoms with Crippen LogP contribution in [-0.2, 0) is 20.8 Å². The van der Waals surface area contributed by atoms with E-state index in [2.05, 4.69) is 5.32 Å². The molecule has 1 aromatic carbocycles. The predicted octanol–water partition coefficient (Wildman–Crippen LogP) is 3.29. The van der Waals surface area contributed by atoms with Gasteiger partial charge in [-0.3, -0.25) is 0 Å². The van der Waals surface area contributed by atoms with Crippen LogP contribution < -0.4 is 5.32 Å². The van der Waals surface area contributed by atoms with Gasteiger partial charge in [-0.25, -0.2) is 9.59 Å². The maximum atomic E-state index is 11.5. The normalized spacial score (nSPS) is 11.3. The molecule has 0 heterocycles. The van der Waals surface area contributed by atoms with Crippen LogP contribution in [0.2, 0.25) is 0 Å². The van der Waals surface area contributed by atoms with Gasteiger partial charge in [0.1, 0.15) is 5.60 Å². The quantitative estimate of drug-likeness (QED) is 0.669. The standard InChI is InChI=1S/C17H23NO4/c1-5-21-15(19)11-10-13-6-8-14(9-7-13)12-18-16(20)22-17(2,3)4/h6-11H,5,12H2,1-4H3,(H,18,20)/b11-10+. The monoisotopic (exact) mass is 305 g/mol. The second kappa shape index (κ2) is 8.22. The molecule has 0 aromatic heterocycles. The van der Waals surface area contributed by atoms with Gasteiger partial charge >= 0.3 is 12.1 Å². The molecule has 0 saturated carbocycles. The lowest BCUT2D eigenvalue weighted by Gasteiger charge is -2.19. The number of carbonyl (C=O) groups excluding carboxylic acids is 2. The van der Waals surface area contributed by atoms with Gasteiger partial charge in [-0.05, 0) is 44.9 Å². The van der Waals surface area contributed by atoms with E-state index in [0.29, 0.717) is 13.2 Å². The Morgan fingerprint density at radius 2 is 1.82 bits per heavy atom. The van der Waals surface area contributed by atoms with Gasteiger partial charge in [-0.15, -0.1) is 0 Å². The molecule has 0 aliphatic rings. The van der Waals surface area contributed by atoms with E-state index in [1.807, 2.05) is 45.0 Å². The zero-order valence-corrected chi connectivity index (χ0v) is 13.5. The minimum atomic E-state index is -0.508. The van der Waals surface area contributed by atoms with Gasteiger partial charge in [0.15, 0.2) is 0 Å². The first kappa shape index (κ1) is 17.8. The summed E-state index contributed by atoms with van der Waals surface area (Å²) in [4.78, 5) is 22.7. The number of alkyl carbamates (subject to hydrolysis) is 1. The van der Waals surface area contributed by atoms with Gasteiger partial charge in [-0.2, -0.15) is 0 Å². The predicted molar refractivity (Wildman–Crippen MR) is 85.2 cm³/mol. The lowest BCUT2D eigenvalue weighted by atomic mass is 10.1. The molecule has 1 rings (SSSR count). The van der Waals surface area contributed by atoms with Gasteiger partial charge in [0, 0.05) is 12.6 Å². The average Bonchev–Trinajstić information content (AvgIpc) is 2.42. The van der Waals surface area contributed by atoms with E-state index >= 15 is 0 Å². The van der Waals surface area contributed by atoms with Crippen molar-refractivity contribution < 1.29 is 19.1 Å². The summed E-state index contributed by atoms with van der Waals surface area (Å²) in [5, 5.41) is 2.69. The molecule has 0 spiro atoms. The highest BCUT2D eigenvalue weighted by atomic mass is 16.6. The van der Waals surface area contributed by atoms with Crippen LogP contribution in [0.15, 0.2) is 30.3 Å². The van der Waals surface area contributed by atoms with E-state index < -0.39 is 11.7 Å². The molecule has 0 radical (unpaired) electrons. The second-order valence-electron chi connectivity index (χ2n) is 5.68. The number of carbonyl (C=O) groups is 2. The number of benzene rings is 1. The summed E-state index contributed by atoms with van der Waals surface area (Å²) < 4.78 is 9.96. The fraction of sp³-hybridized carbons (Fsp3) is 0.412. The van der Waals surface area contributed by atoms with Crippen molar-refractivity contribution in [3.05, 3.63) is 41.5 Å². The third kappa shape index (κ3) is 7.47. The lowest BCUT2D eigenvalue weighted by molar-refractivity contribution is -0.137. The van der Waals surface area contributed by atoms with Gasteiger partial charge in [0.2, 0.25) is 0 Å². The minimum Gasteiger partial charge on any atom is -0.463 e. The number of rotatable bonds is 5. The number of hydrogen-bond acceptors (Lipinski definition) is 4. The summed E-state index contributed by atoms with van der Waals surface area (Å²) in [5.74, 6) is -0.363. The molecule has 0 aliphatic heterocycles. The van der Waals surface area contributed by atoms with Crippen LogP contribution in [0, 0.1) is 0 Å². The summed E-state index contributed by atoms with van der Waals surface area (Å²) >= 11 is 0. The van der Waals surface area contributed by atoms with E-state index in [9.17, 15) is 9.59 Å². The molecule has 0 bridgehead atoms. The Labute approximate surface area is 131 Å². The third-order valence-electron chi connectivity index (χ3n) is 2.51. The van der Waals surface area contributed by atoms with Crippen LogP contribution >= 0.6 is 0 Å². The summed E-state index contributed by atoms with van der Waals surface area (Å²) in [7, 11) is 0. The van der Waals surface area contributed by atoms with Crippen molar-refractivity contribution in [2.24, 2.45) is 0 Å². The molecule has 0 unspecified atom stereocenters. The highest BCUT2D eigenvalue weighted by Gasteiger charge is 2.15. The van der Waals surface area contributed by atoms with Crippen molar-refractivity contribution in [2.45, 2.75) is 39.8 Å². The topological polar surface area (TPSA) is 64.6 Å². The van der Waals surface area contributed by atoms with Crippen LogP contribution in [0.4, 0.5) is 4.79 Å². The molecular formula is C17H23NO4. The summed E-state index contributed by atoms with van der Waals surface area (Å²) in [5.41, 5.74) is 1.32. The maximum absolute atomic E-state index is 11.5. The Kier molecular flexibility index (Phi) is 6.63. The van der Waals surface area contributed by atoms with E-state index in [0.717, 1.165) is 11.1 Å². The van der Waals surface area contributed by atoms with Gasteiger partial charge in [0.05, 0.1) is 6.61 Å².